The minimum atomic E-state index is 0.213. The number of nitrogens with one attached hydrogen (secondary N) is 1. The van der Waals surface area contributed by atoms with E-state index in [-0.39, 0.29) is 5.91 Å². The Labute approximate surface area is 108 Å². The van der Waals surface area contributed by atoms with Crippen LogP contribution in [-0.2, 0) is 0 Å². The first kappa shape index (κ1) is 11.8. The zero-order valence-corrected chi connectivity index (χ0v) is 10.9. The Morgan fingerprint density at radius 1 is 1.44 bits per heavy atom. The lowest BCUT2D eigenvalue weighted by molar-refractivity contribution is 0.0726. The van der Waals surface area contributed by atoms with Gasteiger partial charge < -0.3 is 14.8 Å². The van der Waals surface area contributed by atoms with Gasteiger partial charge in [-0.3, -0.25) is 4.79 Å². The fourth-order valence-electron chi connectivity index (χ4n) is 2.94. The van der Waals surface area contributed by atoms with Gasteiger partial charge in [-0.1, -0.05) is 0 Å². The second-order valence-electron chi connectivity index (χ2n) is 5.38. The maximum absolute atomic E-state index is 12.6. The number of aromatic nitrogens is 1. The van der Waals surface area contributed by atoms with Gasteiger partial charge in [-0.25, -0.2) is 0 Å². The Bertz CT molecular complexity index is 436. The van der Waals surface area contributed by atoms with Crippen LogP contribution >= 0.6 is 0 Å². The van der Waals surface area contributed by atoms with Crippen molar-refractivity contribution >= 4 is 5.91 Å². The van der Waals surface area contributed by atoms with Gasteiger partial charge in [0.15, 0.2) is 0 Å². The van der Waals surface area contributed by atoms with Crippen molar-refractivity contribution < 1.29 is 4.79 Å². The molecule has 1 unspecified atom stereocenters. The molecule has 2 fully saturated rings. The first-order chi connectivity index (χ1) is 8.81. The molecule has 4 nitrogen and oxygen atoms in total. The summed E-state index contributed by atoms with van der Waals surface area (Å²) in [7, 11) is 1.95. The zero-order chi connectivity index (χ0) is 12.5. The van der Waals surface area contributed by atoms with Crippen molar-refractivity contribution in [3.63, 3.8) is 0 Å². The van der Waals surface area contributed by atoms with Crippen LogP contribution in [0.25, 0.3) is 0 Å². The van der Waals surface area contributed by atoms with Gasteiger partial charge in [0.25, 0.3) is 5.91 Å². The third-order valence-corrected chi connectivity index (χ3v) is 4.02. The Balaban J connectivity index is 1.78. The summed E-state index contributed by atoms with van der Waals surface area (Å²) in [5, 5.41) is 3.19. The van der Waals surface area contributed by atoms with Gasteiger partial charge in [0.2, 0.25) is 0 Å². The molecular weight excluding hydrogens is 226 g/mol. The topological polar surface area (TPSA) is 37.3 Å². The number of rotatable bonds is 4. The highest BCUT2D eigenvalue weighted by atomic mass is 16.2. The molecule has 4 heteroatoms. The van der Waals surface area contributed by atoms with E-state index in [0.717, 1.165) is 31.6 Å². The number of amides is 1. The molecule has 1 saturated heterocycles. The molecule has 1 aliphatic heterocycles. The molecule has 0 radical (unpaired) electrons. The van der Waals surface area contributed by atoms with Crippen molar-refractivity contribution in [2.24, 2.45) is 0 Å². The van der Waals surface area contributed by atoms with E-state index in [2.05, 4.69) is 9.88 Å². The van der Waals surface area contributed by atoms with Gasteiger partial charge in [0.1, 0.15) is 5.69 Å². The lowest BCUT2D eigenvalue weighted by Gasteiger charge is -2.25. The van der Waals surface area contributed by atoms with Gasteiger partial charge in [-0.15, -0.1) is 0 Å². The van der Waals surface area contributed by atoms with E-state index in [0.29, 0.717) is 12.1 Å². The number of carbonyl (C=O) groups excluding carboxylic acids is 1. The number of hydrogen-bond donors (Lipinski definition) is 1. The van der Waals surface area contributed by atoms with Crippen molar-refractivity contribution in [2.75, 3.05) is 20.1 Å². The summed E-state index contributed by atoms with van der Waals surface area (Å²) in [6.45, 7) is 1.80. The maximum Gasteiger partial charge on any atom is 0.270 e. The van der Waals surface area contributed by atoms with Crippen LogP contribution in [0.3, 0.4) is 0 Å². The number of hydrogen-bond acceptors (Lipinski definition) is 2. The molecule has 1 saturated carbocycles. The number of likely N-dealkylation sites (tertiary alicyclic amines) is 1. The summed E-state index contributed by atoms with van der Waals surface area (Å²) >= 11 is 0. The summed E-state index contributed by atoms with van der Waals surface area (Å²) in [4.78, 5) is 14.7. The number of carbonyl (C=O) groups is 1. The van der Waals surface area contributed by atoms with Crippen LogP contribution in [0, 0.1) is 0 Å². The van der Waals surface area contributed by atoms with Crippen molar-refractivity contribution in [1.82, 2.24) is 14.8 Å². The molecule has 3 rings (SSSR count). The van der Waals surface area contributed by atoms with Gasteiger partial charge in [-0.2, -0.15) is 0 Å². The third kappa shape index (κ3) is 2.05. The van der Waals surface area contributed by atoms with E-state index >= 15 is 0 Å². The third-order valence-electron chi connectivity index (χ3n) is 4.02. The first-order valence-corrected chi connectivity index (χ1v) is 6.93. The largest absolute Gasteiger partial charge is 0.340 e. The van der Waals surface area contributed by atoms with Crippen molar-refractivity contribution in [3.05, 3.63) is 24.0 Å². The molecule has 1 N–H and O–H groups in total. The summed E-state index contributed by atoms with van der Waals surface area (Å²) < 4.78 is 2.16. The predicted molar refractivity (Wildman–Crippen MR) is 70.7 cm³/mol. The lowest BCUT2D eigenvalue weighted by atomic mass is 10.2. The van der Waals surface area contributed by atoms with Gasteiger partial charge in [0.05, 0.1) is 0 Å². The van der Waals surface area contributed by atoms with Crippen LogP contribution in [0.5, 0.6) is 0 Å². The van der Waals surface area contributed by atoms with Crippen molar-refractivity contribution in [2.45, 2.75) is 37.8 Å². The van der Waals surface area contributed by atoms with Crippen LogP contribution in [-0.4, -0.2) is 41.6 Å². The summed E-state index contributed by atoms with van der Waals surface area (Å²) in [6.07, 6.45) is 6.73. The molecule has 1 atom stereocenters. The van der Waals surface area contributed by atoms with Crippen molar-refractivity contribution in [1.29, 1.82) is 0 Å². The van der Waals surface area contributed by atoms with Crippen LogP contribution in [0.1, 0.15) is 42.2 Å². The zero-order valence-electron chi connectivity index (χ0n) is 10.9. The van der Waals surface area contributed by atoms with Gasteiger partial charge in [0, 0.05) is 31.4 Å². The fourth-order valence-corrected chi connectivity index (χ4v) is 2.94. The highest BCUT2D eigenvalue weighted by molar-refractivity contribution is 5.93. The number of nitrogens with zero attached hydrogens (tertiary/aromatic N) is 2. The molecule has 1 aliphatic carbocycles. The Kier molecular flexibility index (Phi) is 3.12. The highest BCUT2D eigenvalue weighted by Crippen LogP contribution is 2.36. The second kappa shape index (κ2) is 4.76. The van der Waals surface area contributed by atoms with E-state index in [1.807, 2.05) is 30.3 Å². The highest BCUT2D eigenvalue weighted by Gasteiger charge is 2.32. The minimum absolute atomic E-state index is 0.213. The number of likely N-dealkylation sites (N-methyl/N-ethyl adjacent to an activating group) is 1. The monoisotopic (exact) mass is 247 g/mol. The standard InChI is InChI=1S/C14H21N3O/c1-15-10-12-4-2-9-17(12)14(18)13-5-3-8-16(13)11-6-7-11/h3,5,8,11-12,15H,2,4,6-7,9-10H2,1H3. The molecule has 1 amide bonds. The van der Waals surface area contributed by atoms with Gasteiger partial charge >= 0.3 is 0 Å². The quantitative estimate of drug-likeness (QED) is 0.878. The molecule has 98 valence electrons. The summed E-state index contributed by atoms with van der Waals surface area (Å²) in [6, 6.07) is 4.90. The van der Waals surface area contributed by atoms with Crippen LogP contribution in [0.15, 0.2) is 18.3 Å². The smallest absolute Gasteiger partial charge is 0.270 e. The predicted octanol–water partition coefficient (Wildman–Crippen LogP) is 1.65. The van der Waals surface area contributed by atoms with Crippen molar-refractivity contribution in [3.8, 4) is 0 Å². The molecule has 0 aromatic carbocycles. The Hall–Kier alpha value is -1.29. The molecule has 1 aromatic rings. The average Bonchev–Trinajstić information content (AvgIpc) is 2.92. The Morgan fingerprint density at radius 2 is 2.28 bits per heavy atom. The van der Waals surface area contributed by atoms with E-state index < -0.39 is 0 Å². The Morgan fingerprint density at radius 3 is 3.00 bits per heavy atom. The normalized spacial score (nSPS) is 23.6. The molecule has 0 spiro atoms. The average molecular weight is 247 g/mol. The fraction of sp³-hybridized carbons (Fsp3) is 0.643. The second-order valence-corrected chi connectivity index (χ2v) is 5.38. The molecule has 0 bridgehead atoms. The van der Waals surface area contributed by atoms with E-state index in [4.69, 9.17) is 0 Å². The molecule has 1 aromatic heterocycles. The molecule has 18 heavy (non-hydrogen) atoms. The molecular formula is C14H21N3O. The van der Waals surface area contributed by atoms with Crippen LogP contribution < -0.4 is 5.32 Å². The van der Waals surface area contributed by atoms with Crippen LogP contribution in [0.2, 0.25) is 0 Å². The van der Waals surface area contributed by atoms with E-state index in [9.17, 15) is 4.79 Å². The lowest BCUT2D eigenvalue weighted by Crippen LogP contribution is -2.41. The first-order valence-electron chi connectivity index (χ1n) is 6.93. The van der Waals surface area contributed by atoms with E-state index in [1.165, 1.54) is 12.8 Å². The molecule has 2 heterocycles. The minimum Gasteiger partial charge on any atom is -0.340 e. The van der Waals surface area contributed by atoms with E-state index in [1.54, 1.807) is 0 Å². The summed E-state index contributed by atoms with van der Waals surface area (Å²) in [5.74, 6) is 0.213. The molecule has 2 aliphatic rings. The van der Waals surface area contributed by atoms with Gasteiger partial charge in [-0.05, 0) is 44.9 Å². The van der Waals surface area contributed by atoms with Crippen LogP contribution in [0.4, 0.5) is 0 Å². The SMILES string of the molecule is CNCC1CCCN1C(=O)c1cccn1C1CC1. The summed E-state index contributed by atoms with van der Waals surface area (Å²) in [5.41, 5.74) is 0.875. The maximum atomic E-state index is 12.6.